The zero-order valence-electron chi connectivity index (χ0n) is 10.9. The first-order chi connectivity index (χ1) is 8.34. The number of aliphatic carboxylic acids is 1. The molecule has 0 amide bonds. The Hall–Kier alpha value is -0.420. The summed E-state index contributed by atoms with van der Waals surface area (Å²) < 4.78 is -0.828. The average Bonchev–Trinajstić information content (AvgIpc) is 2.36. The van der Waals surface area contributed by atoms with Crippen LogP contribution in [0.4, 0.5) is 0 Å². The highest BCUT2D eigenvalue weighted by atomic mass is 32.2. The van der Waals surface area contributed by atoms with Gasteiger partial charge in [0.2, 0.25) is 0 Å². The first-order valence-electron chi connectivity index (χ1n) is 6.02. The van der Waals surface area contributed by atoms with Gasteiger partial charge >= 0.3 is 5.97 Å². The summed E-state index contributed by atoms with van der Waals surface area (Å²) >= 11 is 2.93. The molecule has 1 aliphatic heterocycles. The number of allylic oxidation sites excluding steroid dienone is 1. The molecule has 0 aliphatic carbocycles. The van der Waals surface area contributed by atoms with Crippen molar-refractivity contribution in [3.05, 3.63) is 12.7 Å². The van der Waals surface area contributed by atoms with Gasteiger partial charge in [0.1, 0.15) is 5.78 Å². The number of ketones is 1. The van der Waals surface area contributed by atoms with E-state index >= 15 is 0 Å². The lowest BCUT2D eigenvalue weighted by Gasteiger charge is -2.32. The first-order valence-corrected chi connectivity index (χ1v) is 7.99. The number of hydrogen-bond acceptors (Lipinski definition) is 4. The topological polar surface area (TPSA) is 54.4 Å². The monoisotopic (exact) mass is 288 g/mol. The molecule has 1 saturated heterocycles. The van der Waals surface area contributed by atoms with Gasteiger partial charge in [-0.2, -0.15) is 0 Å². The molecule has 1 rings (SSSR count). The van der Waals surface area contributed by atoms with E-state index in [0.717, 1.165) is 17.9 Å². The fourth-order valence-corrected chi connectivity index (χ4v) is 4.66. The largest absolute Gasteiger partial charge is 0.480 e. The molecule has 0 aromatic carbocycles. The van der Waals surface area contributed by atoms with Gasteiger partial charge in [0.15, 0.2) is 4.08 Å². The van der Waals surface area contributed by atoms with E-state index in [1.807, 2.05) is 13.8 Å². The van der Waals surface area contributed by atoms with Crippen molar-refractivity contribution in [1.29, 1.82) is 0 Å². The summed E-state index contributed by atoms with van der Waals surface area (Å²) in [7, 11) is 0. The van der Waals surface area contributed by atoms with Crippen molar-refractivity contribution in [3.8, 4) is 0 Å². The molecule has 3 nitrogen and oxygen atoms in total. The highest BCUT2D eigenvalue weighted by molar-refractivity contribution is 8.19. The van der Waals surface area contributed by atoms with Gasteiger partial charge in [0.05, 0.1) is 0 Å². The fraction of sp³-hybridized carbons (Fsp3) is 0.692. The Balaban J connectivity index is 2.66. The average molecular weight is 288 g/mol. The third-order valence-corrected chi connectivity index (χ3v) is 6.58. The minimum atomic E-state index is -0.828. The molecule has 18 heavy (non-hydrogen) atoms. The molecule has 102 valence electrons. The number of Topliss-reactive ketones (excluding diaryl/α,β-unsaturated/α-hetero) is 1. The van der Waals surface area contributed by atoms with Crippen molar-refractivity contribution in [1.82, 2.24) is 0 Å². The van der Waals surface area contributed by atoms with Crippen LogP contribution in [0.25, 0.3) is 0 Å². The van der Waals surface area contributed by atoms with E-state index in [-0.39, 0.29) is 5.78 Å². The predicted octanol–water partition coefficient (Wildman–Crippen LogP) is 3.20. The van der Waals surface area contributed by atoms with Gasteiger partial charge in [-0.1, -0.05) is 6.08 Å². The number of carbonyl (C=O) groups is 2. The smallest absolute Gasteiger partial charge is 0.330 e. The maximum Gasteiger partial charge on any atom is 0.330 e. The summed E-state index contributed by atoms with van der Waals surface area (Å²) in [6.07, 6.45) is 3.36. The summed E-state index contributed by atoms with van der Waals surface area (Å²) in [5, 5.41) is 9.39. The zero-order valence-corrected chi connectivity index (χ0v) is 12.5. The Bertz CT molecular complexity index is 344. The summed E-state index contributed by atoms with van der Waals surface area (Å²) in [6, 6.07) is 0. The van der Waals surface area contributed by atoms with Crippen molar-refractivity contribution in [3.63, 3.8) is 0 Å². The van der Waals surface area contributed by atoms with Crippen LogP contribution in [0.2, 0.25) is 0 Å². The Morgan fingerprint density at radius 3 is 2.39 bits per heavy atom. The summed E-state index contributed by atoms with van der Waals surface area (Å²) in [5.74, 6) is 0.975. The lowest BCUT2D eigenvalue weighted by Crippen LogP contribution is -2.36. The van der Waals surface area contributed by atoms with Gasteiger partial charge in [-0.15, -0.1) is 30.1 Å². The van der Waals surface area contributed by atoms with Crippen molar-refractivity contribution >= 4 is 35.3 Å². The van der Waals surface area contributed by atoms with Crippen LogP contribution in [0.15, 0.2) is 12.7 Å². The van der Waals surface area contributed by atoms with Crippen LogP contribution in [-0.2, 0) is 9.59 Å². The Morgan fingerprint density at radius 2 is 1.94 bits per heavy atom. The minimum Gasteiger partial charge on any atom is -0.480 e. The second kappa shape index (κ2) is 6.15. The van der Waals surface area contributed by atoms with E-state index in [1.54, 1.807) is 6.08 Å². The molecule has 0 atom stereocenters. The van der Waals surface area contributed by atoms with Crippen LogP contribution in [0.5, 0.6) is 0 Å². The second-order valence-electron chi connectivity index (χ2n) is 4.96. The number of thioether (sulfide) groups is 2. The molecule has 5 heteroatoms. The molecule has 0 aromatic heterocycles. The van der Waals surface area contributed by atoms with E-state index in [2.05, 4.69) is 6.58 Å². The molecule has 0 saturated carbocycles. The van der Waals surface area contributed by atoms with Crippen LogP contribution in [0, 0.1) is 5.41 Å². The molecule has 1 fully saturated rings. The van der Waals surface area contributed by atoms with Gasteiger partial charge in [-0.3, -0.25) is 4.79 Å². The van der Waals surface area contributed by atoms with Gasteiger partial charge in [0, 0.05) is 11.8 Å². The first kappa shape index (κ1) is 15.6. The quantitative estimate of drug-likeness (QED) is 0.761. The van der Waals surface area contributed by atoms with Crippen LogP contribution in [0.1, 0.15) is 33.1 Å². The molecule has 1 aliphatic rings. The summed E-state index contributed by atoms with van der Waals surface area (Å²) in [4.78, 5) is 23.5. The van der Waals surface area contributed by atoms with Gasteiger partial charge in [-0.25, -0.2) is 4.79 Å². The third-order valence-electron chi connectivity index (χ3n) is 3.20. The van der Waals surface area contributed by atoms with Crippen molar-refractivity contribution in [2.24, 2.45) is 5.41 Å². The number of hydrogen-bond donors (Lipinski definition) is 1. The van der Waals surface area contributed by atoms with Gasteiger partial charge in [0.25, 0.3) is 0 Å². The van der Waals surface area contributed by atoms with Crippen LogP contribution in [-0.4, -0.2) is 32.4 Å². The fourth-order valence-electron chi connectivity index (χ4n) is 1.66. The van der Waals surface area contributed by atoms with E-state index in [1.165, 1.54) is 23.5 Å². The molecular formula is C13H20O3S2. The van der Waals surface area contributed by atoms with E-state index in [0.29, 0.717) is 12.8 Å². The SMILES string of the molecule is C=CC(C)(C)C(=O)CCC1(C(=O)O)SCCCS1. The number of rotatable bonds is 6. The second-order valence-corrected chi connectivity index (χ2v) is 8.00. The Labute approximate surface area is 117 Å². The molecule has 1 heterocycles. The van der Waals surface area contributed by atoms with Gasteiger partial charge in [-0.05, 0) is 38.2 Å². The summed E-state index contributed by atoms with van der Waals surface area (Å²) in [6.45, 7) is 7.29. The van der Waals surface area contributed by atoms with E-state index < -0.39 is 15.5 Å². The van der Waals surface area contributed by atoms with Crippen LogP contribution in [0.3, 0.4) is 0 Å². The molecule has 0 spiro atoms. The Morgan fingerprint density at radius 1 is 1.39 bits per heavy atom. The van der Waals surface area contributed by atoms with Crippen LogP contribution >= 0.6 is 23.5 Å². The summed E-state index contributed by atoms with van der Waals surface area (Å²) in [5.41, 5.74) is -0.566. The maximum absolute atomic E-state index is 12.0. The zero-order chi connectivity index (χ0) is 13.8. The molecule has 0 aromatic rings. The lowest BCUT2D eigenvalue weighted by molar-refractivity contribution is -0.137. The van der Waals surface area contributed by atoms with E-state index in [4.69, 9.17) is 0 Å². The number of carboxylic acid groups (broad SMARTS) is 1. The van der Waals surface area contributed by atoms with Crippen molar-refractivity contribution in [2.45, 2.75) is 37.2 Å². The lowest BCUT2D eigenvalue weighted by atomic mass is 9.86. The third kappa shape index (κ3) is 3.54. The Kier molecular flexibility index (Phi) is 5.34. The highest BCUT2D eigenvalue weighted by Gasteiger charge is 2.42. The highest BCUT2D eigenvalue weighted by Crippen LogP contribution is 2.46. The van der Waals surface area contributed by atoms with Crippen LogP contribution < -0.4 is 0 Å². The van der Waals surface area contributed by atoms with E-state index in [9.17, 15) is 14.7 Å². The molecule has 0 unspecified atom stereocenters. The van der Waals surface area contributed by atoms with Crippen molar-refractivity contribution in [2.75, 3.05) is 11.5 Å². The molecule has 0 radical (unpaired) electrons. The number of carbonyl (C=O) groups excluding carboxylic acids is 1. The van der Waals surface area contributed by atoms with Crippen molar-refractivity contribution < 1.29 is 14.7 Å². The predicted molar refractivity (Wildman–Crippen MR) is 78.1 cm³/mol. The number of carboxylic acids is 1. The molecular weight excluding hydrogens is 268 g/mol. The molecule has 1 N–H and O–H groups in total. The minimum absolute atomic E-state index is 0.0601. The van der Waals surface area contributed by atoms with Gasteiger partial charge < -0.3 is 5.11 Å². The standard InChI is InChI=1S/C13H20O3S2/c1-4-12(2,3)10(14)6-7-13(11(15)16)17-8-5-9-18-13/h4H,1,5-9H2,2-3H3,(H,15,16). The molecule has 0 bridgehead atoms. The maximum atomic E-state index is 12.0. The normalized spacial score (nSPS) is 19.2.